The lowest BCUT2D eigenvalue weighted by Crippen LogP contribution is -1.98. The summed E-state index contributed by atoms with van der Waals surface area (Å²) in [5, 5.41) is 8.62. The zero-order valence-electron chi connectivity index (χ0n) is 7.19. The number of carbonyl (C=O) groups is 1. The van der Waals surface area contributed by atoms with Gasteiger partial charge in [-0.05, 0) is 12.8 Å². The molecule has 1 heterocycles. The molecule has 13 heavy (non-hydrogen) atoms. The number of carboxylic acids is 1. The predicted molar refractivity (Wildman–Crippen MR) is 44.7 cm³/mol. The quantitative estimate of drug-likeness (QED) is 0.758. The Morgan fingerprint density at radius 1 is 1.54 bits per heavy atom. The highest BCUT2D eigenvalue weighted by atomic mass is 16.4. The Morgan fingerprint density at radius 2 is 2.23 bits per heavy atom. The van der Waals surface area contributed by atoms with Crippen molar-refractivity contribution < 1.29 is 14.3 Å². The van der Waals surface area contributed by atoms with E-state index in [1.807, 2.05) is 0 Å². The van der Waals surface area contributed by atoms with Crippen molar-refractivity contribution in [2.45, 2.75) is 31.6 Å². The molecule has 0 radical (unpaired) electrons. The summed E-state index contributed by atoms with van der Waals surface area (Å²) in [6.45, 7) is 0. The highest BCUT2D eigenvalue weighted by Gasteiger charge is 2.22. The maximum Gasteiger partial charge on any atom is 0.357 e. The third-order valence-corrected chi connectivity index (χ3v) is 2.45. The highest BCUT2D eigenvalue weighted by Crippen LogP contribution is 2.33. The van der Waals surface area contributed by atoms with Crippen LogP contribution >= 0.6 is 0 Å². The van der Waals surface area contributed by atoms with Crippen LogP contribution in [0.1, 0.15) is 48.0 Å². The maximum atomic E-state index is 10.5. The number of carboxylic acid groups (broad SMARTS) is 1. The summed E-state index contributed by atoms with van der Waals surface area (Å²) in [4.78, 5) is 14.4. The van der Waals surface area contributed by atoms with Gasteiger partial charge < -0.3 is 9.52 Å². The van der Waals surface area contributed by atoms with Gasteiger partial charge in [0.15, 0.2) is 11.6 Å². The smallest absolute Gasteiger partial charge is 0.357 e. The van der Waals surface area contributed by atoms with Crippen LogP contribution in [0.2, 0.25) is 0 Å². The molecule has 1 saturated carbocycles. The molecule has 1 fully saturated rings. The number of aromatic nitrogens is 1. The SMILES string of the molecule is O=C(O)c1coc(C2CCCC2)n1. The zero-order chi connectivity index (χ0) is 9.26. The Balaban J connectivity index is 2.16. The first-order valence-electron chi connectivity index (χ1n) is 4.46. The van der Waals surface area contributed by atoms with Gasteiger partial charge in [-0.15, -0.1) is 0 Å². The average Bonchev–Trinajstić information content (AvgIpc) is 2.75. The second-order valence-corrected chi connectivity index (χ2v) is 3.36. The van der Waals surface area contributed by atoms with E-state index in [9.17, 15) is 4.79 Å². The van der Waals surface area contributed by atoms with Gasteiger partial charge in [0, 0.05) is 5.92 Å². The number of hydrogen-bond acceptors (Lipinski definition) is 3. The molecular weight excluding hydrogens is 170 g/mol. The third kappa shape index (κ3) is 1.56. The largest absolute Gasteiger partial charge is 0.476 e. The van der Waals surface area contributed by atoms with Crippen molar-refractivity contribution in [1.82, 2.24) is 4.98 Å². The summed E-state index contributed by atoms with van der Waals surface area (Å²) in [6.07, 6.45) is 5.74. The standard InChI is InChI=1S/C9H11NO3/c11-9(12)7-5-13-8(10-7)6-3-1-2-4-6/h5-6H,1-4H2,(H,11,12). The fourth-order valence-corrected chi connectivity index (χ4v) is 1.75. The van der Waals surface area contributed by atoms with E-state index in [0.717, 1.165) is 12.8 Å². The summed E-state index contributed by atoms with van der Waals surface area (Å²) in [7, 11) is 0. The van der Waals surface area contributed by atoms with Gasteiger partial charge in [0.1, 0.15) is 6.26 Å². The van der Waals surface area contributed by atoms with Crippen molar-refractivity contribution >= 4 is 5.97 Å². The second-order valence-electron chi connectivity index (χ2n) is 3.36. The summed E-state index contributed by atoms with van der Waals surface area (Å²) < 4.78 is 5.12. The van der Waals surface area contributed by atoms with Gasteiger partial charge in [0.05, 0.1) is 0 Å². The van der Waals surface area contributed by atoms with Crippen LogP contribution in [0, 0.1) is 0 Å². The lowest BCUT2D eigenvalue weighted by Gasteiger charge is -2.00. The fourth-order valence-electron chi connectivity index (χ4n) is 1.75. The molecule has 0 atom stereocenters. The first-order chi connectivity index (χ1) is 6.27. The van der Waals surface area contributed by atoms with Crippen molar-refractivity contribution in [3.05, 3.63) is 17.8 Å². The summed E-state index contributed by atoms with van der Waals surface area (Å²) in [5.41, 5.74) is 0.0156. The zero-order valence-corrected chi connectivity index (χ0v) is 7.19. The van der Waals surface area contributed by atoms with Crippen LogP contribution < -0.4 is 0 Å². The van der Waals surface area contributed by atoms with Gasteiger partial charge in [0.2, 0.25) is 0 Å². The van der Waals surface area contributed by atoms with Crippen LogP contribution in [-0.4, -0.2) is 16.1 Å². The Morgan fingerprint density at radius 3 is 2.77 bits per heavy atom. The highest BCUT2D eigenvalue weighted by molar-refractivity contribution is 5.84. The number of aromatic carboxylic acids is 1. The van der Waals surface area contributed by atoms with Gasteiger partial charge >= 0.3 is 5.97 Å². The molecule has 1 aliphatic carbocycles. The molecule has 4 nitrogen and oxygen atoms in total. The van der Waals surface area contributed by atoms with Crippen LogP contribution in [0.4, 0.5) is 0 Å². The summed E-state index contributed by atoms with van der Waals surface area (Å²) in [5.74, 6) is -0.0870. The lowest BCUT2D eigenvalue weighted by molar-refractivity contribution is 0.0690. The monoisotopic (exact) mass is 181 g/mol. The molecule has 0 amide bonds. The maximum absolute atomic E-state index is 10.5. The van der Waals surface area contributed by atoms with Crippen molar-refractivity contribution in [2.75, 3.05) is 0 Å². The average molecular weight is 181 g/mol. The summed E-state index contributed by atoms with van der Waals surface area (Å²) >= 11 is 0. The third-order valence-electron chi connectivity index (χ3n) is 2.45. The molecule has 0 spiro atoms. The van der Waals surface area contributed by atoms with E-state index in [1.165, 1.54) is 19.1 Å². The molecule has 1 aromatic heterocycles. The number of hydrogen-bond donors (Lipinski definition) is 1. The minimum atomic E-state index is -1.02. The molecule has 0 bridgehead atoms. The second kappa shape index (κ2) is 3.20. The Kier molecular flexibility index (Phi) is 2.04. The van der Waals surface area contributed by atoms with Crippen LogP contribution in [0.15, 0.2) is 10.7 Å². The molecule has 70 valence electrons. The molecule has 0 aliphatic heterocycles. The first kappa shape index (κ1) is 8.29. The van der Waals surface area contributed by atoms with E-state index in [0.29, 0.717) is 11.8 Å². The molecular formula is C9H11NO3. The normalized spacial score (nSPS) is 17.8. The van der Waals surface area contributed by atoms with Gasteiger partial charge in [0.25, 0.3) is 0 Å². The number of nitrogens with zero attached hydrogens (tertiary/aromatic N) is 1. The predicted octanol–water partition coefficient (Wildman–Crippen LogP) is 2.03. The molecule has 0 aromatic carbocycles. The molecule has 1 aromatic rings. The van der Waals surface area contributed by atoms with E-state index in [1.54, 1.807) is 0 Å². The topological polar surface area (TPSA) is 63.3 Å². The first-order valence-corrected chi connectivity index (χ1v) is 4.46. The van der Waals surface area contributed by atoms with Crippen molar-refractivity contribution in [2.24, 2.45) is 0 Å². The molecule has 2 rings (SSSR count). The number of rotatable bonds is 2. The van der Waals surface area contributed by atoms with Crippen LogP contribution in [0.5, 0.6) is 0 Å². The Bertz CT molecular complexity index is 312. The van der Waals surface area contributed by atoms with Gasteiger partial charge in [-0.25, -0.2) is 9.78 Å². The van der Waals surface area contributed by atoms with Gasteiger partial charge in [-0.3, -0.25) is 0 Å². The minimum Gasteiger partial charge on any atom is -0.476 e. The van der Waals surface area contributed by atoms with Crippen molar-refractivity contribution in [3.63, 3.8) is 0 Å². The van der Waals surface area contributed by atoms with Gasteiger partial charge in [-0.2, -0.15) is 0 Å². The molecule has 0 saturated heterocycles. The van der Waals surface area contributed by atoms with E-state index in [4.69, 9.17) is 9.52 Å². The van der Waals surface area contributed by atoms with E-state index in [2.05, 4.69) is 4.98 Å². The molecule has 1 N–H and O–H groups in total. The molecule has 1 aliphatic rings. The van der Waals surface area contributed by atoms with E-state index in [-0.39, 0.29) is 5.69 Å². The van der Waals surface area contributed by atoms with E-state index >= 15 is 0 Å². The Labute approximate surface area is 75.6 Å². The fraction of sp³-hybridized carbons (Fsp3) is 0.556. The van der Waals surface area contributed by atoms with Crippen molar-refractivity contribution in [3.8, 4) is 0 Å². The number of oxazole rings is 1. The minimum absolute atomic E-state index is 0.0156. The summed E-state index contributed by atoms with van der Waals surface area (Å²) in [6, 6.07) is 0. The van der Waals surface area contributed by atoms with Crippen LogP contribution in [0.25, 0.3) is 0 Å². The van der Waals surface area contributed by atoms with Crippen LogP contribution in [0.3, 0.4) is 0 Å². The van der Waals surface area contributed by atoms with E-state index < -0.39 is 5.97 Å². The van der Waals surface area contributed by atoms with Crippen molar-refractivity contribution in [1.29, 1.82) is 0 Å². The lowest BCUT2D eigenvalue weighted by atomic mass is 10.1. The molecule has 0 unspecified atom stereocenters. The van der Waals surface area contributed by atoms with Crippen LogP contribution in [-0.2, 0) is 0 Å². The van der Waals surface area contributed by atoms with Gasteiger partial charge in [-0.1, -0.05) is 12.8 Å². The molecule has 4 heteroatoms. The Hall–Kier alpha value is -1.32.